The highest BCUT2D eigenvalue weighted by molar-refractivity contribution is 6.01. The van der Waals surface area contributed by atoms with Gasteiger partial charge in [0.05, 0.1) is 12.2 Å². The number of ketones is 1. The first kappa shape index (κ1) is 18.5. The molecule has 0 saturated carbocycles. The maximum absolute atomic E-state index is 12.4. The molecule has 5 nitrogen and oxygen atoms in total. The van der Waals surface area contributed by atoms with Crippen molar-refractivity contribution in [3.8, 4) is 5.75 Å². The number of hydrogen-bond acceptors (Lipinski definition) is 5. The second kappa shape index (κ2) is 8.33. The zero-order valence-corrected chi connectivity index (χ0v) is 15.0. The first-order chi connectivity index (χ1) is 11.9. The minimum absolute atomic E-state index is 0.250. The van der Waals surface area contributed by atoms with Gasteiger partial charge >= 0.3 is 5.97 Å². The number of carbonyl (C=O) groups is 2. The number of benzene rings is 2. The highest BCUT2D eigenvalue weighted by Gasteiger charge is 2.20. The maximum atomic E-state index is 12.4. The van der Waals surface area contributed by atoms with Gasteiger partial charge in [-0.15, -0.1) is 0 Å². The molecule has 0 heterocycles. The van der Waals surface area contributed by atoms with Gasteiger partial charge in [-0.05, 0) is 56.3 Å². The van der Waals surface area contributed by atoms with E-state index in [9.17, 15) is 9.59 Å². The van der Waals surface area contributed by atoms with Crippen molar-refractivity contribution in [3.63, 3.8) is 0 Å². The van der Waals surface area contributed by atoms with Crippen molar-refractivity contribution in [2.24, 2.45) is 0 Å². The second-order valence-corrected chi connectivity index (χ2v) is 5.81. The van der Waals surface area contributed by atoms with Crippen LogP contribution in [0, 0.1) is 0 Å². The molecule has 0 aliphatic heterocycles. The molecule has 0 spiro atoms. The molecular weight excluding hydrogens is 318 g/mol. The number of Topliss-reactive ketones (excluding diaryl/α,β-unsaturated/α-hetero) is 1. The van der Waals surface area contributed by atoms with Crippen LogP contribution in [0.4, 0.5) is 5.69 Å². The van der Waals surface area contributed by atoms with E-state index in [4.69, 9.17) is 9.47 Å². The van der Waals surface area contributed by atoms with Crippen molar-refractivity contribution in [1.29, 1.82) is 0 Å². The van der Waals surface area contributed by atoms with Gasteiger partial charge in [-0.2, -0.15) is 0 Å². The van der Waals surface area contributed by atoms with Crippen molar-refractivity contribution in [2.75, 3.05) is 25.6 Å². The van der Waals surface area contributed by atoms with E-state index in [1.165, 1.54) is 0 Å². The highest BCUT2D eigenvalue weighted by Crippen LogP contribution is 2.17. The fourth-order valence-electron chi connectivity index (χ4n) is 2.31. The molecule has 2 aromatic rings. The Balaban J connectivity index is 2.05. The number of nitrogens with zero attached hydrogens (tertiary/aromatic N) is 1. The van der Waals surface area contributed by atoms with E-state index < -0.39 is 12.1 Å². The number of carbonyl (C=O) groups excluding carboxylic acids is 2. The molecule has 0 fully saturated rings. The zero-order chi connectivity index (χ0) is 18.4. The van der Waals surface area contributed by atoms with Crippen molar-refractivity contribution in [2.45, 2.75) is 20.0 Å². The van der Waals surface area contributed by atoms with Gasteiger partial charge in [-0.3, -0.25) is 4.79 Å². The van der Waals surface area contributed by atoms with Crippen molar-refractivity contribution < 1.29 is 19.1 Å². The van der Waals surface area contributed by atoms with Gasteiger partial charge in [-0.25, -0.2) is 4.79 Å². The molecule has 1 atom stereocenters. The maximum Gasteiger partial charge on any atom is 0.338 e. The van der Waals surface area contributed by atoms with E-state index in [-0.39, 0.29) is 5.78 Å². The van der Waals surface area contributed by atoms with E-state index in [1.54, 1.807) is 49.4 Å². The minimum atomic E-state index is -0.867. The number of hydrogen-bond donors (Lipinski definition) is 0. The van der Waals surface area contributed by atoms with Gasteiger partial charge in [-0.1, -0.05) is 6.07 Å². The summed E-state index contributed by atoms with van der Waals surface area (Å²) in [7, 11) is 3.78. The standard InChI is InChI=1S/C20H23NO4/c1-5-24-18-11-9-15(10-12-18)19(22)14(2)25-20(23)16-7-6-8-17(13-16)21(3)4/h6-14H,5H2,1-4H3. The Kier molecular flexibility index (Phi) is 6.17. The molecule has 0 aromatic heterocycles. The molecule has 5 heteroatoms. The molecule has 0 bridgehead atoms. The van der Waals surface area contributed by atoms with Crippen molar-refractivity contribution >= 4 is 17.4 Å². The Morgan fingerprint density at radius 2 is 1.72 bits per heavy atom. The number of anilines is 1. The summed E-state index contributed by atoms with van der Waals surface area (Å²) in [5, 5.41) is 0. The molecule has 25 heavy (non-hydrogen) atoms. The van der Waals surface area contributed by atoms with Gasteiger partial charge in [0.1, 0.15) is 5.75 Å². The minimum Gasteiger partial charge on any atom is -0.494 e. The van der Waals surface area contributed by atoms with Crippen LogP contribution in [0.1, 0.15) is 34.6 Å². The molecular formula is C20H23NO4. The summed E-state index contributed by atoms with van der Waals surface area (Å²) in [5.41, 5.74) is 1.78. The summed E-state index contributed by atoms with van der Waals surface area (Å²) in [6, 6.07) is 13.9. The first-order valence-corrected chi connectivity index (χ1v) is 8.17. The number of esters is 1. The van der Waals surface area contributed by atoms with E-state index in [0.29, 0.717) is 23.5 Å². The van der Waals surface area contributed by atoms with E-state index in [2.05, 4.69) is 0 Å². The fourth-order valence-corrected chi connectivity index (χ4v) is 2.31. The molecule has 1 unspecified atom stereocenters. The zero-order valence-electron chi connectivity index (χ0n) is 15.0. The molecule has 0 saturated heterocycles. The fraction of sp³-hybridized carbons (Fsp3) is 0.300. The summed E-state index contributed by atoms with van der Waals surface area (Å²) in [5.74, 6) is -0.0696. The number of ether oxygens (including phenoxy) is 2. The van der Waals surface area contributed by atoms with E-state index >= 15 is 0 Å². The lowest BCUT2D eigenvalue weighted by Gasteiger charge is -2.15. The Morgan fingerprint density at radius 3 is 2.32 bits per heavy atom. The van der Waals surface area contributed by atoms with Crippen LogP contribution in [-0.4, -0.2) is 38.6 Å². The van der Waals surface area contributed by atoms with Gasteiger partial charge < -0.3 is 14.4 Å². The molecule has 0 aliphatic rings. The normalized spacial score (nSPS) is 11.5. The van der Waals surface area contributed by atoms with Crippen LogP contribution in [0.25, 0.3) is 0 Å². The summed E-state index contributed by atoms with van der Waals surface area (Å²) in [6.07, 6.45) is -0.867. The monoisotopic (exact) mass is 341 g/mol. The van der Waals surface area contributed by atoms with Gasteiger partial charge in [0.15, 0.2) is 6.10 Å². The molecule has 0 radical (unpaired) electrons. The third kappa shape index (κ3) is 4.83. The Labute approximate surface area is 148 Å². The predicted octanol–water partition coefficient (Wildman–Crippen LogP) is 3.58. The van der Waals surface area contributed by atoms with Crippen molar-refractivity contribution in [1.82, 2.24) is 0 Å². The second-order valence-electron chi connectivity index (χ2n) is 5.81. The van der Waals surface area contributed by atoms with Gasteiger partial charge in [0.25, 0.3) is 0 Å². The van der Waals surface area contributed by atoms with Crippen LogP contribution in [0.2, 0.25) is 0 Å². The third-order valence-electron chi connectivity index (χ3n) is 3.70. The quantitative estimate of drug-likeness (QED) is 0.569. The lowest BCUT2D eigenvalue weighted by Crippen LogP contribution is -2.24. The first-order valence-electron chi connectivity index (χ1n) is 8.17. The van der Waals surface area contributed by atoms with Crippen LogP contribution in [0.3, 0.4) is 0 Å². The summed E-state index contributed by atoms with van der Waals surface area (Å²) in [4.78, 5) is 26.6. The average molecular weight is 341 g/mol. The highest BCUT2D eigenvalue weighted by atomic mass is 16.5. The third-order valence-corrected chi connectivity index (χ3v) is 3.70. The average Bonchev–Trinajstić information content (AvgIpc) is 2.62. The number of rotatable bonds is 7. The molecule has 2 rings (SSSR count). The predicted molar refractivity (Wildman–Crippen MR) is 97.6 cm³/mol. The SMILES string of the molecule is CCOc1ccc(C(=O)C(C)OC(=O)c2cccc(N(C)C)c2)cc1. The Morgan fingerprint density at radius 1 is 1.04 bits per heavy atom. The van der Waals surface area contributed by atoms with Crippen molar-refractivity contribution in [3.05, 3.63) is 59.7 Å². The molecule has 2 aromatic carbocycles. The molecule has 0 amide bonds. The lowest BCUT2D eigenvalue weighted by atomic mass is 10.1. The van der Waals surface area contributed by atoms with Gasteiger partial charge in [0.2, 0.25) is 5.78 Å². The van der Waals surface area contributed by atoms with Crippen LogP contribution in [-0.2, 0) is 4.74 Å². The Bertz CT molecular complexity index is 738. The largest absolute Gasteiger partial charge is 0.494 e. The van der Waals surface area contributed by atoms with Gasteiger partial charge in [0, 0.05) is 25.3 Å². The van der Waals surface area contributed by atoms with Crippen LogP contribution < -0.4 is 9.64 Å². The van der Waals surface area contributed by atoms with Crippen LogP contribution >= 0.6 is 0 Å². The summed E-state index contributed by atoms with van der Waals surface area (Å²) >= 11 is 0. The molecule has 132 valence electrons. The summed E-state index contributed by atoms with van der Waals surface area (Å²) < 4.78 is 10.7. The Hall–Kier alpha value is -2.82. The lowest BCUT2D eigenvalue weighted by molar-refractivity contribution is 0.0319. The molecule has 0 N–H and O–H groups in total. The van der Waals surface area contributed by atoms with E-state index in [0.717, 1.165) is 5.69 Å². The van der Waals surface area contributed by atoms with Crippen LogP contribution in [0.5, 0.6) is 5.75 Å². The molecule has 0 aliphatic carbocycles. The summed E-state index contributed by atoms with van der Waals surface area (Å²) in [6.45, 7) is 4.03. The van der Waals surface area contributed by atoms with Crippen LogP contribution in [0.15, 0.2) is 48.5 Å². The van der Waals surface area contributed by atoms with E-state index in [1.807, 2.05) is 32.0 Å². The topological polar surface area (TPSA) is 55.8 Å². The smallest absolute Gasteiger partial charge is 0.338 e.